The molecule has 0 aliphatic carbocycles. The molecule has 0 bridgehead atoms. The first kappa shape index (κ1) is 38.1. The van der Waals surface area contributed by atoms with E-state index in [1.165, 1.54) is 94.2 Å². The Morgan fingerprint density at radius 1 is 0.512 bits per heavy atom. The molecule has 0 amide bonds. The largest absolute Gasteiger partial charge is 2.00 e. The molecule has 0 aliphatic heterocycles. The number of benzene rings is 3. The second-order valence-electron chi connectivity index (χ2n) is 11.0. The molecule has 4 nitrogen and oxygen atoms in total. The van der Waals surface area contributed by atoms with Gasteiger partial charge in [-0.25, -0.2) is 0 Å². The first-order valence-corrected chi connectivity index (χ1v) is 16.3. The molecule has 0 heterocycles. The molecule has 0 saturated carbocycles. The molecule has 0 N–H and O–H groups in total. The van der Waals surface area contributed by atoms with Crippen LogP contribution in [0.3, 0.4) is 0 Å². The second-order valence-corrected chi connectivity index (χ2v) is 11.0. The zero-order chi connectivity index (χ0) is 30.3. The van der Waals surface area contributed by atoms with E-state index in [0.29, 0.717) is 0 Å². The first-order chi connectivity index (χ1) is 20.6. The molecule has 0 spiro atoms. The van der Waals surface area contributed by atoms with Gasteiger partial charge in [-0.2, -0.15) is 0 Å². The number of aliphatic imine (C=N–C) groups is 2. The smallest absolute Gasteiger partial charge is 0.873 e. The van der Waals surface area contributed by atoms with Gasteiger partial charge in [0, 0.05) is 0 Å². The summed E-state index contributed by atoms with van der Waals surface area (Å²) in [5, 5.41) is 21.7. The van der Waals surface area contributed by atoms with Crippen molar-refractivity contribution in [3.05, 3.63) is 84.4 Å². The van der Waals surface area contributed by atoms with Crippen LogP contribution in [-0.2, 0) is 22.9 Å². The SMILES string of the molecule is CCCCCCCCC(=Nc1ccccc1)C(CCCCC)=Nc1ccccc1.CCCCCc1ccc([O-])c([O-])c1.[Ni+2]. The third-order valence-electron chi connectivity index (χ3n) is 7.24. The van der Waals surface area contributed by atoms with Crippen molar-refractivity contribution in [3.8, 4) is 11.5 Å². The third-order valence-corrected chi connectivity index (χ3v) is 7.24. The average molecular weight is 628 g/mol. The Hall–Kier alpha value is -2.91. The minimum atomic E-state index is -0.403. The Morgan fingerprint density at radius 2 is 0.953 bits per heavy atom. The molecule has 0 unspecified atom stereocenters. The number of aryl methyl sites for hydroxylation is 1. The van der Waals surface area contributed by atoms with Crippen molar-refractivity contribution >= 4 is 22.8 Å². The molecule has 5 heteroatoms. The molecular weight excluding hydrogens is 575 g/mol. The van der Waals surface area contributed by atoms with Crippen LogP contribution in [0.25, 0.3) is 0 Å². The van der Waals surface area contributed by atoms with Crippen molar-refractivity contribution in [1.82, 2.24) is 0 Å². The van der Waals surface area contributed by atoms with Crippen LogP contribution in [0.15, 0.2) is 88.8 Å². The quantitative estimate of drug-likeness (QED) is 0.0800. The van der Waals surface area contributed by atoms with Crippen LogP contribution < -0.4 is 10.2 Å². The summed E-state index contributed by atoms with van der Waals surface area (Å²) in [6.07, 6.45) is 17.8. The number of hydrogen-bond acceptors (Lipinski definition) is 4. The van der Waals surface area contributed by atoms with E-state index in [4.69, 9.17) is 9.98 Å². The summed E-state index contributed by atoms with van der Waals surface area (Å²) in [7, 11) is 0. The maximum absolute atomic E-state index is 11.0. The summed E-state index contributed by atoms with van der Waals surface area (Å²) >= 11 is 0. The topological polar surface area (TPSA) is 70.8 Å². The number of rotatable bonds is 18. The standard InChI is InChI=1S/C27H38N2.C11H16O2.Ni/c1-3-5-7-8-9-17-23-27(29-25-20-15-11-16-21-25)26(22-12-6-4-2)28-24-18-13-10-14-19-24;1-2-3-4-5-9-6-7-10(12)11(13)8-9;/h10-11,13-16,18-21H,3-9,12,17,22-23H2,1-2H3;6-8,12-13H,2-5H2,1H3;/q;;+2/p-2. The van der Waals surface area contributed by atoms with E-state index < -0.39 is 5.75 Å². The fourth-order valence-electron chi connectivity index (χ4n) is 4.75. The molecule has 3 aromatic rings. The second kappa shape index (κ2) is 24.5. The van der Waals surface area contributed by atoms with E-state index in [2.05, 4.69) is 69.3 Å². The van der Waals surface area contributed by atoms with E-state index >= 15 is 0 Å². The van der Waals surface area contributed by atoms with Crippen LogP contribution in [0.5, 0.6) is 11.5 Å². The summed E-state index contributed by atoms with van der Waals surface area (Å²) in [6.45, 7) is 6.66. The van der Waals surface area contributed by atoms with Gasteiger partial charge in [-0.15, -0.1) is 11.5 Å². The van der Waals surface area contributed by atoms with Gasteiger partial charge in [-0.1, -0.05) is 133 Å². The van der Waals surface area contributed by atoms with Gasteiger partial charge in [0.15, 0.2) is 0 Å². The monoisotopic (exact) mass is 626 g/mol. The third kappa shape index (κ3) is 17.1. The van der Waals surface area contributed by atoms with E-state index in [1.54, 1.807) is 6.07 Å². The van der Waals surface area contributed by atoms with Crippen LogP contribution in [-0.4, -0.2) is 11.4 Å². The van der Waals surface area contributed by atoms with Crippen molar-refractivity contribution in [2.24, 2.45) is 9.98 Å². The normalized spacial score (nSPS) is 11.4. The minimum absolute atomic E-state index is 0. The predicted molar refractivity (Wildman–Crippen MR) is 178 cm³/mol. The van der Waals surface area contributed by atoms with Gasteiger partial charge in [0.2, 0.25) is 0 Å². The molecular formula is C38H52N2NiO2. The van der Waals surface area contributed by atoms with Gasteiger partial charge in [-0.05, 0) is 68.4 Å². The number of unbranched alkanes of at least 4 members (excludes halogenated alkanes) is 9. The summed E-state index contributed by atoms with van der Waals surface area (Å²) < 4.78 is 0. The Labute approximate surface area is 271 Å². The molecule has 0 aromatic heterocycles. The van der Waals surface area contributed by atoms with Crippen LogP contribution in [0.4, 0.5) is 11.4 Å². The Morgan fingerprint density at radius 3 is 1.47 bits per heavy atom. The van der Waals surface area contributed by atoms with E-state index in [1.807, 2.05) is 12.1 Å². The number of para-hydroxylation sites is 2. The maximum atomic E-state index is 11.0. The molecule has 236 valence electrons. The van der Waals surface area contributed by atoms with Crippen molar-refractivity contribution in [3.63, 3.8) is 0 Å². The van der Waals surface area contributed by atoms with Gasteiger partial charge in [0.25, 0.3) is 0 Å². The van der Waals surface area contributed by atoms with Crippen LogP contribution in [0.2, 0.25) is 0 Å². The van der Waals surface area contributed by atoms with E-state index in [0.717, 1.165) is 42.6 Å². The van der Waals surface area contributed by atoms with Gasteiger partial charge in [-0.3, -0.25) is 9.98 Å². The maximum Gasteiger partial charge on any atom is 2.00 e. The van der Waals surface area contributed by atoms with Crippen molar-refractivity contribution in [2.75, 3.05) is 0 Å². The first-order valence-electron chi connectivity index (χ1n) is 16.3. The van der Waals surface area contributed by atoms with Crippen LogP contribution >= 0.6 is 0 Å². The van der Waals surface area contributed by atoms with Crippen LogP contribution in [0.1, 0.15) is 116 Å². The van der Waals surface area contributed by atoms with E-state index in [-0.39, 0.29) is 22.2 Å². The van der Waals surface area contributed by atoms with Crippen molar-refractivity contribution in [1.29, 1.82) is 0 Å². The van der Waals surface area contributed by atoms with Crippen molar-refractivity contribution < 1.29 is 26.7 Å². The zero-order valence-electron chi connectivity index (χ0n) is 26.6. The van der Waals surface area contributed by atoms with Gasteiger partial charge in [0.1, 0.15) is 0 Å². The summed E-state index contributed by atoms with van der Waals surface area (Å²) in [5.41, 5.74) is 5.39. The van der Waals surface area contributed by atoms with E-state index in [9.17, 15) is 10.2 Å². The number of hydrogen-bond donors (Lipinski definition) is 0. The number of nitrogens with zero attached hydrogens (tertiary/aromatic N) is 2. The molecule has 43 heavy (non-hydrogen) atoms. The summed E-state index contributed by atoms with van der Waals surface area (Å²) in [6, 6.07) is 25.3. The molecule has 3 aromatic carbocycles. The minimum Gasteiger partial charge on any atom is -0.873 e. The fraction of sp³-hybridized carbons (Fsp3) is 0.474. The molecule has 3 rings (SSSR count). The molecule has 0 fully saturated rings. The van der Waals surface area contributed by atoms with Gasteiger partial charge < -0.3 is 10.2 Å². The summed E-state index contributed by atoms with van der Waals surface area (Å²) in [4.78, 5) is 10.1. The van der Waals surface area contributed by atoms with Crippen molar-refractivity contribution in [2.45, 2.75) is 117 Å². The molecule has 0 atom stereocenters. The predicted octanol–water partition coefficient (Wildman–Crippen LogP) is 10.4. The fourth-order valence-corrected chi connectivity index (χ4v) is 4.75. The molecule has 0 saturated heterocycles. The molecule has 0 aliphatic rings. The summed E-state index contributed by atoms with van der Waals surface area (Å²) in [5.74, 6) is -0.784. The van der Waals surface area contributed by atoms with Gasteiger partial charge >= 0.3 is 16.5 Å². The Balaban J connectivity index is 0.000000554. The Bertz CT molecular complexity index is 1160. The molecule has 0 radical (unpaired) electrons. The van der Waals surface area contributed by atoms with Crippen LogP contribution in [0, 0.1) is 0 Å². The Kier molecular flexibility index (Phi) is 21.7. The average Bonchev–Trinajstić information content (AvgIpc) is 3.01. The van der Waals surface area contributed by atoms with Gasteiger partial charge in [0.05, 0.1) is 22.8 Å². The zero-order valence-corrected chi connectivity index (χ0v) is 27.6.